The summed E-state index contributed by atoms with van der Waals surface area (Å²) in [6, 6.07) is 26.8. The van der Waals surface area contributed by atoms with E-state index in [1.165, 1.54) is 32.3 Å². The number of carbonyl (C=O) groups is 5. The van der Waals surface area contributed by atoms with Crippen LogP contribution in [0.25, 0.3) is 18.2 Å². The fourth-order valence-corrected chi connectivity index (χ4v) is 6.65. The molecule has 16 heteroatoms. The average molecular weight is 929 g/mol. The first-order valence-corrected chi connectivity index (χ1v) is 22.3. The number of esters is 5. The second kappa shape index (κ2) is 28.2. The van der Waals surface area contributed by atoms with Crippen molar-refractivity contribution in [2.75, 3.05) is 87.5 Å². The smallest absolute Gasteiger partial charge is 0.348 e. The number of anilines is 3. The highest BCUT2D eigenvalue weighted by molar-refractivity contribution is 5.99. The van der Waals surface area contributed by atoms with Gasteiger partial charge in [-0.15, -0.1) is 0 Å². The van der Waals surface area contributed by atoms with Crippen LogP contribution in [0.4, 0.5) is 17.1 Å². The average Bonchev–Trinajstić information content (AvgIpc) is 3.36. The van der Waals surface area contributed by atoms with E-state index in [9.17, 15) is 39.8 Å². The minimum Gasteiger partial charge on any atom is -0.469 e. The van der Waals surface area contributed by atoms with Gasteiger partial charge in [-0.3, -0.25) is 9.59 Å². The maximum absolute atomic E-state index is 13.4. The molecule has 16 nitrogen and oxygen atoms in total. The Morgan fingerprint density at radius 3 is 1.09 bits per heavy atom. The normalized spacial score (nSPS) is 12.2. The molecule has 0 aliphatic rings. The van der Waals surface area contributed by atoms with E-state index in [-0.39, 0.29) is 41.5 Å². The van der Waals surface area contributed by atoms with Crippen LogP contribution in [-0.4, -0.2) is 103 Å². The summed E-state index contributed by atoms with van der Waals surface area (Å²) in [4.78, 5) is 69.8. The molecule has 3 aromatic rings. The lowest BCUT2D eigenvalue weighted by Gasteiger charge is -2.28. The predicted octanol–water partition coefficient (Wildman–Crippen LogP) is 7.46. The van der Waals surface area contributed by atoms with Gasteiger partial charge in [-0.25, -0.2) is 14.4 Å². The summed E-state index contributed by atoms with van der Waals surface area (Å²) in [7, 11) is 1.33. The minimum absolute atomic E-state index is 0.196. The van der Waals surface area contributed by atoms with E-state index in [1.807, 2.05) is 67.8 Å². The van der Waals surface area contributed by atoms with Gasteiger partial charge in [0.1, 0.15) is 54.7 Å². The van der Waals surface area contributed by atoms with E-state index in [0.717, 1.165) is 30.2 Å². The molecule has 0 bridgehead atoms. The Morgan fingerprint density at radius 1 is 0.500 bits per heavy atom. The van der Waals surface area contributed by atoms with Gasteiger partial charge in [0.2, 0.25) is 0 Å². The third-order valence-electron chi connectivity index (χ3n) is 10.6. The van der Waals surface area contributed by atoms with Gasteiger partial charge in [0.15, 0.2) is 0 Å². The van der Waals surface area contributed by atoms with Crippen molar-refractivity contribution in [2.24, 2.45) is 5.41 Å². The summed E-state index contributed by atoms with van der Waals surface area (Å²) in [5, 5.41) is 29.9. The highest BCUT2D eigenvalue weighted by Crippen LogP contribution is 2.24. The van der Waals surface area contributed by atoms with Crippen molar-refractivity contribution in [3.63, 3.8) is 0 Å². The van der Waals surface area contributed by atoms with Gasteiger partial charge in [-0.2, -0.15) is 15.8 Å². The number of ether oxygens (including phenoxy) is 5. The Kier molecular flexibility index (Phi) is 22.6. The number of methoxy groups -OCH3 is 1. The van der Waals surface area contributed by atoms with E-state index in [0.29, 0.717) is 49.5 Å². The highest BCUT2D eigenvalue weighted by Gasteiger charge is 2.32. The first kappa shape index (κ1) is 54.4. The van der Waals surface area contributed by atoms with E-state index >= 15 is 0 Å². The van der Waals surface area contributed by atoms with Gasteiger partial charge in [0.05, 0.1) is 32.0 Å². The summed E-state index contributed by atoms with van der Waals surface area (Å²) in [6.45, 7) is 13.7. The van der Waals surface area contributed by atoms with Crippen molar-refractivity contribution in [2.45, 2.75) is 54.4 Å². The molecule has 0 aliphatic carbocycles. The molecule has 3 aromatic carbocycles. The van der Waals surface area contributed by atoms with E-state index in [4.69, 9.17) is 23.7 Å². The summed E-state index contributed by atoms with van der Waals surface area (Å²) >= 11 is 0. The number of rotatable bonds is 26. The Balaban J connectivity index is 1.84. The topological polar surface area (TPSA) is 213 Å². The van der Waals surface area contributed by atoms with Gasteiger partial charge >= 0.3 is 29.8 Å². The zero-order valence-corrected chi connectivity index (χ0v) is 39.9. The van der Waals surface area contributed by atoms with Crippen molar-refractivity contribution in [1.82, 2.24) is 0 Å². The van der Waals surface area contributed by atoms with Crippen LogP contribution >= 0.6 is 0 Å². The molecule has 0 radical (unpaired) electrons. The standard InChI is InChI=1S/C52H60N6O10/c1-8-56(9-2)44-19-13-38(14-20-44)29-41(32-53)49(61)66-35-52(6,36-67-50(62)42(33-54)30-39-15-21-45(22-16-39)57(10-3)27-25-47(59)64-7)37-68-51(63)43(34-55)31-40-17-23-46(24-18-40)58(11-4)28-26-48(60)65-12-5/h13-24,29-31H,8-12,25-28,35-37H2,1-7H3/b41-29+,42-30+,43-31+. The highest BCUT2D eigenvalue weighted by atomic mass is 16.6. The molecule has 0 N–H and O–H groups in total. The first-order valence-electron chi connectivity index (χ1n) is 22.3. The predicted molar refractivity (Wildman–Crippen MR) is 258 cm³/mol. The lowest BCUT2D eigenvalue weighted by Crippen LogP contribution is -2.37. The number of carbonyl (C=O) groups excluding carboxylic acids is 5. The SMILES string of the molecule is CCOC(=O)CCN(CC)c1ccc(/C=C(\C#N)C(=O)OCC(C)(COC(=O)/C(C#N)=C/c2ccc(N(CC)CC)cc2)COC(=O)/C(C#N)=C/c2ccc(N(CC)CCC(=O)OC)cc2)cc1. The zero-order valence-electron chi connectivity index (χ0n) is 39.9. The van der Waals surface area contributed by atoms with Gasteiger partial charge in [0, 0.05) is 56.3 Å². The van der Waals surface area contributed by atoms with Crippen LogP contribution in [0.3, 0.4) is 0 Å². The van der Waals surface area contributed by atoms with Crippen molar-refractivity contribution >= 4 is 65.1 Å². The Bertz CT molecular complexity index is 2400. The summed E-state index contributed by atoms with van der Waals surface area (Å²) in [5.41, 5.74) is 1.74. The molecule has 0 spiro atoms. The molecule has 0 aromatic heterocycles. The Labute approximate surface area is 399 Å². The van der Waals surface area contributed by atoms with E-state index in [2.05, 4.69) is 4.90 Å². The van der Waals surface area contributed by atoms with Crippen LogP contribution in [0.2, 0.25) is 0 Å². The molecule has 1 unspecified atom stereocenters. The van der Waals surface area contributed by atoms with Crippen molar-refractivity contribution in [3.8, 4) is 18.2 Å². The largest absolute Gasteiger partial charge is 0.469 e. The molecule has 0 fully saturated rings. The number of nitriles is 3. The second-order valence-electron chi connectivity index (χ2n) is 15.5. The number of nitrogens with zero attached hydrogens (tertiary/aromatic N) is 6. The first-order chi connectivity index (χ1) is 32.7. The maximum Gasteiger partial charge on any atom is 0.348 e. The monoisotopic (exact) mass is 928 g/mol. The molecular formula is C52H60N6O10. The fraction of sp³-hybridized carbons (Fsp3) is 0.385. The van der Waals surface area contributed by atoms with Gasteiger partial charge in [0.25, 0.3) is 0 Å². The van der Waals surface area contributed by atoms with Crippen LogP contribution in [0.1, 0.15) is 71.1 Å². The number of hydrogen-bond acceptors (Lipinski definition) is 16. The van der Waals surface area contributed by atoms with Gasteiger partial charge in [-0.05, 0) is 113 Å². The van der Waals surface area contributed by atoms with Gasteiger partial charge in [-0.1, -0.05) is 36.4 Å². The summed E-state index contributed by atoms with van der Waals surface area (Å²) < 4.78 is 26.5. The molecule has 0 saturated carbocycles. The molecule has 358 valence electrons. The van der Waals surface area contributed by atoms with Crippen molar-refractivity contribution < 1.29 is 47.7 Å². The van der Waals surface area contributed by atoms with Crippen molar-refractivity contribution in [3.05, 3.63) is 106 Å². The molecule has 1 atom stereocenters. The Hall–Kier alpha value is -7.90. The van der Waals surface area contributed by atoms with Crippen LogP contribution in [-0.2, 0) is 47.7 Å². The summed E-state index contributed by atoms with van der Waals surface area (Å²) in [5.74, 6) is -3.65. The molecule has 0 aliphatic heterocycles. The number of benzene rings is 3. The minimum atomic E-state index is -1.45. The Morgan fingerprint density at radius 2 is 0.809 bits per heavy atom. The molecular weight excluding hydrogens is 869 g/mol. The molecule has 3 rings (SSSR count). The third kappa shape index (κ3) is 17.1. The van der Waals surface area contributed by atoms with E-state index in [1.54, 1.807) is 67.6 Å². The van der Waals surface area contributed by atoms with Crippen LogP contribution in [0, 0.1) is 39.4 Å². The zero-order chi connectivity index (χ0) is 50.1. The van der Waals surface area contributed by atoms with Crippen LogP contribution in [0.15, 0.2) is 89.5 Å². The second-order valence-corrected chi connectivity index (χ2v) is 15.5. The van der Waals surface area contributed by atoms with E-state index < -0.39 is 43.1 Å². The quantitative estimate of drug-likeness (QED) is 0.0331. The molecule has 0 amide bonds. The molecule has 68 heavy (non-hydrogen) atoms. The van der Waals surface area contributed by atoms with Crippen LogP contribution in [0.5, 0.6) is 0 Å². The molecule has 0 saturated heterocycles. The lowest BCUT2D eigenvalue weighted by atomic mass is 9.94. The van der Waals surface area contributed by atoms with Gasteiger partial charge < -0.3 is 38.4 Å². The molecule has 0 heterocycles. The fourth-order valence-electron chi connectivity index (χ4n) is 6.65. The maximum atomic E-state index is 13.4. The number of hydrogen-bond donors (Lipinski definition) is 0. The van der Waals surface area contributed by atoms with Crippen LogP contribution < -0.4 is 14.7 Å². The van der Waals surface area contributed by atoms with Crippen molar-refractivity contribution in [1.29, 1.82) is 15.8 Å². The third-order valence-corrected chi connectivity index (χ3v) is 10.6. The lowest BCUT2D eigenvalue weighted by molar-refractivity contribution is -0.155. The summed E-state index contributed by atoms with van der Waals surface area (Å²) in [6.07, 6.45) is 4.46.